The molecule has 4 heterocycles. The lowest BCUT2D eigenvalue weighted by atomic mass is 9.77. The summed E-state index contributed by atoms with van der Waals surface area (Å²) in [7, 11) is 3.71. The first-order valence-electron chi connectivity index (χ1n) is 17.7. The van der Waals surface area contributed by atoms with Crippen LogP contribution in [0.1, 0.15) is 37.4 Å². The average molecular weight is 840 g/mol. The quantitative estimate of drug-likeness (QED) is 0.113. The molecule has 0 aromatic heterocycles. The van der Waals surface area contributed by atoms with Gasteiger partial charge in [0.2, 0.25) is 12.6 Å². The van der Waals surface area contributed by atoms with E-state index in [0.717, 1.165) is 0 Å². The van der Waals surface area contributed by atoms with Crippen LogP contribution in [-0.4, -0.2) is 159 Å². The second-order valence-electron chi connectivity index (χ2n) is 14.2. The fourth-order valence-corrected chi connectivity index (χ4v) is 7.53. The molecule has 308 valence electrons. The maximum Gasteiger partial charge on any atom is 0.340 e. The van der Waals surface area contributed by atoms with Crippen molar-refractivity contribution < 1.29 is 78.9 Å². The van der Waals surface area contributed by atoms with Crippen molar-refractivity contribution in [3.63, 3.8) is 0 Å². The summed E-state index contributed by atoms with van der Waals surface area (Å²) in [4.78, 5) is 28.8. The van der Waals surface area contributed by atoms with E-state index in [4.69, 9.17) is 51.6 Å². The predicted molar refractivity (Wildman–Crippen MR) is 194 cm³/mol. The van der Waals surface area contributed by atoms with E-state index in [1.807, 2.05) is 19.0 Å². The van der Waals surface area contributed by atoms with Gasteiger partial charge < -0.3 is 79.5 Å². The number of amides is 1. The van der Waals surface area contributed by atoms with Gasteiger partial charge in [0.05, 0.1) is 28.8 Å². The molecule has 4 aliphatic heterocycles. The predicted octanol–water partition coefficient (Wildman–Crippen LogP) is -0.790. The molecule has 3 aromatic carbocycles. The van der Waals surface area contributed by atoms with E-state index < -0.39 is 92.1 Å². The summed E-state index contributed by atoms with van der Waals surface area (Å²) < 4.78 is 35.3. The van der Waals surface area contributed by atoms with Crippen molar-refractivity contribution in [2.45, 2.75) is 67.0 Å². The number of aliphatic hydroxyl groups is 8. The van der Waals surface area contributed by atoms with Crippen LogP contribution in [0.15, 0.2) is 42.5 Å². The Morgan fingerprint density at radius 1 is 0.754 bits per heavy atom. The second-order valence-corrected chi connectivity index (χ2v) is 15.0. The SMILES string of the molecule is CN(C)CCNC(=O)c1ccc2c(c1)C(=O)OC21c2cc(Cl)c(O[C@@H]3OC(CO)[C@H](O)[C@H](O)C3O)cc2Oc2cc(O[C@H]3OC(CO)[C@@H](O)C(O)[C@H]3O)c(Cl)cc21. The Hall–Kier alpha value is -3.86. The standard InChI is InChI=1S/C37H40Cl2N2O16/c1-41(2)6-5-40-33(50)14-3-4-16-15(7-14)34(51)57-37(16)17-8-19(38)23(53-35-31(48)29(46)27(44)25(12-42)55-35)10-21(17)52-22-11-24(20(39)9-18(22)37)54-36-32(49)30(47)28(45)26(13-43)56-36/h3-4,7-11,25-32,35-36,42-49H,5-6,12-13H2,1-2H3,(H,40,50)/t25?,26?,27-,28+,29-,30?,31?,32+,35+,36-,37?/m0/s1. The molecule has 2 fully saturated rings. The lowest BCUT2D eigenvalue weighted by Gasteiger charge is -2.40. The number of likely N-dealkylation sites (N-methyl/N-ethyl adjacent to an activating group) is 1. The van der Waals surface area contributed by atoms with Crippen LogP contribution >= 0.6 is 23.2 Å². The third-order valence-electron chi connectivity index (χ3n) is 10.2. The van der Waals surface area contributed by atoms with Gasteiger partial charge >= 0.3 is 5.97 Å². The number of nitrogens with zero attached hydrogens (tertiary/aromatic N) is 1. The maximum absolute atomic E-state index is 13.8. The van der Waals surface area contributed by atoms with Crippen molar-refractivity contribution in [1.29, 1.82) is 0 Å². The fourth-order valence-electron chi connectivity index (χ4n) is 7.12. The average Bonchev–Trinajstić information content (AvgIpc) is 3.47. The van der Waals surface area contributed by atoms with Gasteiger partial charge in [-0.25, -0.2) is 4.79 Å². The van der Waals surface area contributed by atoms with Crippen molar-refractivity contribution in [2.24, 2.45) is 0 Å². The van der Waals surface area contributed by atoms with Gasteiger partial charge in [-0.1, -0.05) is 29.3 Å². The van der Waals surface area contributed by atoms with Crippen molar-refractivity contribution >= 4 is 35.1 Å². The smallest absolute Gasteiger partial charge is 0.340 e. The lowest BCUT2D eigenvalue weighted by Crippen LogP contribution is -2.60. The lowest BCUT2D eigenvalue weighted by molar-refractivity contribution is -0.277. The maximum atomic E-state index is 13.8. The van der Waals surface area contributed by atoms with Crippen molar-refractivity contribution in [3.8, 4) is 23.0 Å². The van der Waals surface area contributed by atoms with E-state index in [9.17, 15) is 50.4 Å². The van der Waals surface area contributed by atoms with Gasteiger partial charge in [-0.3, -0.25) is 4.79 Å². The Balaban J connectivity index is 1.32. The monoisotopic (exact) mass is 838 g/mol. The van der Waals surface area contributed by atoms with Crippen molar-refractivity contribution in [2.75, 3.05) is 40.4 Å². The van der Waals surface area contributed by atoms with Gasteiger partial charge in [-0.15, -0.1) is 0 Å². The van der Waals surface area contributed by atoms with Gasteiger partial charge in [0, 0.05) is 47.5 Å². The van der Waals surface area contributed by atoms with Crippen LogP contribution in [0.25, 0.3) is 0 Å². The normalized spacial score (nSPS) is 31.6. The minimum atomic E-state index is -1.84. The number of halogens is 2. The Labute approximate surface area is 334 Å². The van der Waals surface area contributed by atoms with Crippen LogP contribution in [0.5, 0.6) is 23.0 Å². The highest BCUT2D eigenvalue weighted by Gasteiger charge is 2.55. The van der Waals surface area contributed by atoms with Gasteiger partial charge in [-0.05, 0) is 38.4 Å². The number of hydrogen-bond donors (Lipinski definition) is 9. The molecule has 57 heavy (non-hydrogen) atoms. The number of fused-ring (bicyclic) bond motifs is 6. The molecule has 0 aliphatic carbocycles. The molecule has 11 atom stereocenters. The first-order chi connectivity index (χ1) is 27.1. The van der Waals surface area contributed by atoms with Gasteiger partial charge in [0.1, 0.15) is 71.8 Å². The third kappa shape index (κ3) is 7.28. The van der Waals surface area contributed by atoms with E-state index in [2.05, 4.69) is 5.32 Å². The summed E-state index contributed by atoms with van der Waals surface area (Å²) >= 11 is 13.5. The molecule has 0 radical (unpaired) electrons. The molecular formula is C37H40Cl2N2O16. The number of carbonyl (C=O) groups excluding carboxylic acids is 2. The summed E-state index contributed by atoms with van der Waals surface area (Å²) in [5, 5.41) is 84.4. The Kier molecular flexibility index (Phi) is 11.6. The van der Waals surface area contributed by atoms with Gasteiger partial charge in [0.15, 0.2) is 5.60 Å². The summed E-state index contributed by atoms with van der Waals surface area (Å²) in [6.45, 7) is -0.522. The zero-order chi connectivity index (χ0) is 41.1. The number of aliphatic hydroxyl groups excluding tert-OH is 8. The van der Waals surface area contributed by atoms with Gasteiger partial charge in [0.25, 0.3) is 5.91 Å². The summed E-state index contributed by atoms with van der Waals surface area (Å²) in [6, 6.07) is 9.76. The van der Waals surface area contributed by atoms with Crippen molar-refractivity contribution in [3.05, 3.63) is 80.3 Å². The van der Waals surface area contributed by atoms with E-state index >= 15 is 0 Å². The molecule has 18 nitrogen and oxygen atoms in total. The molecule has 4 aliphatic rings. The number of carbonyl (C=O) groups is 2. The molecular weight excluding hydrogens is 799 g/mol. The highest BCUT2D eigenvalue weighted by molar-refractivity contribution is 6.32. The van der Waals surface area contributed by atoms with Crippen LogP contribution in [-0.2, 0) is 19.8 Å². The summed E-state index contributed by atoms with van der Waals surface area (Å²) in [5.41, 5.74) is -1.04. The first kappa shape index (κ1) is 41.3. The Bertz CT molecular complexity index is 1940. The van der Waals surface area contributed by atoms with Crippen LogP contribution in [0.2, 0.25) is 10.0 Å². The largest absolute Gasteiger partial charge is 0.460 e. The topological polar surface area (TPSA) is 267 Å². The summed E-state index contributed by atoms with van der Waals surface area (Å²) in [6.07, 6.45) is -16.3. The van der Waals surface area contributed by atoms with Crippen LogP contribution in [0.4, 0.5) is 0 Å². The van der Waals surface area contributed by atoms with E-state index in [1.54, 1.807) is 6.07 Å². The Morgan fingerprint density at radius 2 is 1.26 bits per heavy atom. The number of hydrogen-bond acceptors (Lipinski definition) is 17. The second kappa shape index (κ2) is 16.1. The van der Waals surface area contributed by atoms with Crippen LogP contribution in [0, 0.1) is 0 Å². The number of ether oxygens (including phenoxy) is 6. The highest BCUT2D eigenvalue weighted by Crippen LogP contribution is 2.59. The fraction of sp³-hybridized carbons (Fsp3) is 0.459. The van der Waals surface area contributed by atoms with E-state index in [-0.39, 0.29) is 60.9 Å². The molecule has 0 bridgehead atoms. The zero-order valence-electron chi connectivity index (χ0n) is 30.2. The van der Waals surface area contributed by atoms with E-state index in [1.165, 1.54) is 36.4 Å². The number of rotatable bonds is 10. The van der Waals surface area contributed by atoms with Crippen molar-refractivity contribution in [1.82, 2.24) is 10.2 Å². The third-order valence-corrected chi connectivity index (χ3v) is 10.8. The van der Waals surface area contributed by atoms with E-state index in [0.29, 0.717) is 13.1 Å². The molecule has 0 saturated carbocycles. The van der Waals surface area contributed by atoms with Crippen LogP contribution < -0.4 is 19.5 Å². The number of benzene rings is 3. The molecule has 2 saturated heterocycles. The first-order valence-corrected chi connectivity index (χ1v) is 18.5. The minimum Gasteiger partial charge on any atom is -0.460 e. The molecule has 1 amide bonds. The molecule has 20 heteroatoms. The highest BCUT2D eigenvalue weighted by atomic mass is 35.5. The molecule has 1 spiro atoms. The number of esters is 1. The molecule has 5 unspecified atom stereocenters. The molecule has 9 N–H and O–H groups in total. The number of nitrogens with one attached hydrogen (secondary N) is 1. The zero-order valence-corrected chi connectivity index (χ0v) is 31.7. The summed E-state index contributed by atoms with van der Waals surface area (Å²) in [5.74, 6) is -1.64. The molecule has 3 aromatic rings. The van der Waals surface area contributed by atoms with Crippen LogP contribution in [0.3, 0.4) is 0 Å². The minimum absolute atomic E-state index is 0.0289. The molecule has 7 rings (SSSR count). The van der Waals surface area contributed by atoms with Gasteiger partial charge in [-0.2, -0.15) is 0 Å². The Morgan fingerprint density at radius 3 is 1.74 bits per heavy atom.